The smallest absolute Gasteiger partial charge is 0.384 e. The molecule has 0 radical (unpaired) electrons. The van der Waals surface area contributed by atoms with Crippen LogP contribution in [0.5, 0.6) is 0 Å². The molecule has 0 aliphatic heterocycles. The highest BCUT2D eigenvalue weighted by Gasteiger charge is 2.49. The van der Waals surface area contributed by atoms with Gasteiger partial charge in [-0.1, -0.05) is 5.16 Å². The number of aromatic nitrogens is 2. The first-order chi connectivity index (χ1) is 8.16. The molecule has 7 nitrogen and oxygen atoms in total. The highest BCUT2D eigenvalue weighted by molar-refractivity contribution is 5.85. The topological polar surface area (TPSA) is 97.2 Å². The first kappa shape index (κ1) is 11.8. The Bertz CT molecular complexity index is 446. The average molecular weight is 241 g/mol. The Hall–Kier alpha value is -1.63. The Morgan fingerprint density at radius 3 is 2.94 bits per heavy atom. The molecule has 7 heteroatoms. The van der Waals surface area contributed by atoms with Crippen molar-refractivity contribution in [1.82, 2.24) is 15.5 Å². The molecule has 1 fully saturated rings. The standard InChI is InChI=1S/C10H15N3O4/c1-16-6-10(3-4-10)8(14)11-5-2-7-12-9(15)17-13-7/h2-6H2,1H3,(H,11,14)(H,12,13,15). The van der Waals surface area contributed by atoms with E-state index in [9.17, 15) is 9.59 Å². The zero-order valence-corrected chi connectivity index (χ0v) is 9.62. The summed E-state index contributed by atoms with van der Waals surface area (Å²) < 4.78 is 9.37. The van der Waals surface area contributed by atoms with Crippen LogP contribution in [0.25, 0.3) is 0 Å². The number of carbonyl (C=O) groups excluding carboxylic acids is 1. The van der Waals surface area contributed by atoms with Crippen molar-refractivity contribution in [1.29, 1.82) is 0 Å². The molecule has 1 aliphatic carbocycles. The van der Waals surface area contributed by atoms with E-state index in [-0.39, 0.29) is 11.3 Å². The average Bonchev–Trinajstić information content (AvgIpc) is 2.97. The molecule has 0 unspecified atom stereocenters. The number of nitrogens with one attached hydrogen (secondary N) is 2. The van der Waals surface area contributed by atoms with Gasteiger partial charge in [0.05, 0.1) is 12.0 Å². The van der Waals surface area contributed by atoms with Crippen molar-refractivity contribution in [3.05, 3.63) is 16.4 Å². The van der Waals surface area contributed by atoms with E-state index in [2.05, 4.69) is 20.0 Å². The molecular weight excluding hydrogens is 226 g/mol. The first-order valence-electron chi connectivity index (χ1n) is 5.48. The molecule has 2 N–H and O–H groups in total. The van der Waals surface area contributed by atoms with Crippen molar-refractivity contribution >= 4 is 5.91 Å². The minimum atomic E-state index is -0.579. The van der Waals surface area contributed by atoms with Crippen LogP contribution in [0.3, 0.4) is 0 Å². The molecule has 1 saturated carbocycles. The van der Waals surface area contributed by atoms with Crippen LogP contribution in [-0.2, 0) is 16.0 Å². The molecule has 0 atom stereocenters. The molecule has 1 aromatic heterocycles. The third-order valence-corrected chi connectivity index (χ3v) is 2.89. The fraction of sp³-hybridized carbons (Fsp3) is 0.700. The summed E-state index contributed by atoms with van der Waals surface area (Å²) in [4.78, 5) is 24.9. The van der Waals surface area contributed by atoms with Crippen LogP contribution in [0.2, 0.25) is 0 Å². The summed E-state index contributed by atoms with van der Waals surface area (Å²) in [7, 11) is 1.59. The lowest BCUT2D eigenvalue weighted by Gasteiger charge is -2.13. The Balaban J connectivity index is 1.75. The second-order valence-corrected chi connectivity index (χ2v) is 4.26. The molecular formula is C10H15N3O4. The van der Waals surface area contributed by atoms with E-state index in [1.165, 1.54) is 0 Å². The maximum Gasteiger partial charge on any atom is 0.438 e. The van der Waals surface area contributed by atoms with E-state index in [0.29, 0.717) is 25.4 Å². The largest absolute Gasteiger partial charge is 0.438 e. The van der Waals surface area contributed by atoms with Gasteiger partial charge in [0.2, 0.25) is 5.91 Å². The predicted molar refractivity (Wildman–Crippen MR) is 57.4 cm³/mol. The monoisotopic (exact) mass is 241 g/mol. The number of methoxy groups -OCH3 is 1. The SMILES string of the molecule is COCC1(C(=O)NCCc2noc(=O)[nH]2)CC1. The van der Waals surface area contributed by atoms with Gasteiger partial charge < -0.3 is 10.1 Å². The van der Waals surface area contributed by atoms with E-state index in [1.54, 1.807) is 7.11 Å². The maximum atomic E-state index is 11.8. The van der Waals surface area contributed by atoms with Gasteiger partial charge in [0, 0.05) is 20.1 Å². The number of hydrogen-bond donors (Lipinski definition) is 2. The highest BCUT2D eigenvalue weighted by atomic mass is 16.5. The predicted octanol–water partition coefficient (Wildman–Crippen LogP) is -0.552. The number of nitrogens with zero attached hydrogens (tertiary/aromatic N) is 1. The summed E-state index contributed by atoms with van der Waals surface area (Å²) in [5.41, 5.74) is -0.327. The number of carbonyl (C=O) groups is 1. The van der Waals surface area contributed by atoms with Crippen LogP contribution >= 0.6 is 0 Å². The molecule has 2 rings (SSSR count). The number of hydrogen-bond acceptors (Lipinski definition) is 5. The second kappa shape index (κ2) is 4.70. The van der Waals surface area contributed by atoms with Crippen molar-refractivity contribution < 1.29 is 14.1 Å². The van der Waals surface area contributed by atoms with E-state index in [0.717, 1.165) is 12.8 Å². The summed E-state index contributed by atoms with van der Waals surface area (Å²) in [6.07, 6.45) is 2.18. The Kier molecular flexibility index (Phi) is 3.28. The molecule has 1 aliphatic rings. The Morgan fingerprint density at radius 2 is 2.41 bits per heavy atom. The molecule has 0 spiro atoms. The number of ether oxygens (including phenoxy) is 1. The third kappa shape index (κ3) is 2.73. The zero-order chi connectivity index (χ0) is 12.3. The fourth-order valence-corrected chi connectivity index (χ4v) is 1.71. The van der Waals surface area contributed by atoms with Crippen LogP contribution < -0.4 is 11.1 Å². The van der Waals surface area contributed by atoms with Crippen molar-refractivity contribution in [3.63, 3.8) is 0 Å². The number of H-pyrrole nitrogens is 1. The van der Waals surface area contributed by atoms with Gasteiger partial charge >= 0.3 is 5.76 Å². The second-order valence-electron chi connectivity index (χ2n) is 4.26. The molecule has 0 saturated heterocycles. The van der Waals surface area contributed by atoms with Crippen LogP contribution in [0, 0.1) is 5.41 Å². The summed E-state index contributed by atoms with van der Waals surface area (Å²) in [6.45, 7) is 0.881. The maximum absolute atomic E-state index is 11.8. The summed E-state index contributed by atoms with van der Waals surface area (Å²) in [6, 6.07) is 0. The van der Waals surface area contributed by atoms with Crippen molar-refractivity contribution in [3.8, 4) is 0 Å². The van der Waals surface area contributed by atoms with Crippen LogP contribution in [0.15, 0.2) is 9.32 Å². The number of aromatic amines is 1. The van der Waals surface area contributed by atoms with E-state index >= 15 is 0 Å². The number of amides is 1. The molecule has 0 bridgehead atoms. The van der Waals surface area contributed by atoms with Crippen LogP contribution in [0.1, 0.15) is 18.7 Å². The quantitative estimate of drug-likeness (QED) is 0.696. The van der Waals surface area contributed by atoms with Gasteiger partial charge in [-0.25, -0.2) is 4.79 Å². The van der Waals surface area contributed by atoms with Crippen molar-refractivity contribution in [2.75, 3.05) is 20.3 Å². The normalized spacial score (nSPS) is 16.8. The van der Waals surface area contributed by atoms with Gasteiger partial charge in [-0.3, -0.25) is 14.3 Å². The van der Waals surface area contributed by atoms with Gasteiger partial charge in [-0.2, -0.15) is 0 Å². The van der Waals surface area contributed by atoms with E-state index in [1.807, 2.05) is 0 Å². The van der Waals surface area contributed by atoms with Gasteiger partial charge in [0.25, 0.3) is 0 Å². The minimum Gasteiger partial charge on any atom is -0.384 e. The van der Waals surface area contributed by atoms with Gasteiger partial charge in [0.1, 0.15) is 0 Å². The van der Waals surface area contributed by atoms with Crippen LogP contribution in [0.4, 0.5) is 0 Å². The number of rotatable bonds is 6. The molecule has 1 heterocycles. The van der Waals surface area contributed by atoms with Gasteiger partial charge in [-0.15, -0.1) is 0 Å². The summed E-state index contributed by atoms with van der Waals surface area (Å²) >= 11 is 0. The van der Waals surface area contributed by atoms with E-state index < -0.39 is 5.76 Å². The zero-order valence-electron chi connectivity index (χ0n) is 9.62. The fourth-order valence-electron chi connectivity index (χ4n) is 1.71. The third-order valence-electron chi connectivity index (χ3n) is 2.89. The molecule has 0 aromatic carbocycles. The lowest BCUT2D eigenvalue weighted by Crippen LogP contribution is -2.35. The van der Waals surface area contributed by atoms with Crippen LogP contribution in [-0.4, -0.2) is 36.3 Å². The van der Waals surface area contributed by atoms with Crippen molar-refractivity contribution in [2.24, 2.45) is 5.41 Å². The molecule has 1 amide bonds. The lowest BCUT2D eigenvalue weighted by atomic mass is 10.1. The molecule has 1 aromatic rings. The van der Waals surface area contributed by atoms with Gasteiger partial charge in [0.15, 0.2) is 5.82 Å². The Morgan fingerprint density at radius 1 is 1.65 bits per heavy atom. The first-order valence-corrected chi connectivity index (χ1v) is 5.48. The lowest BCUT2D eigenvalue weighted by molar-refractivity contribution is -0.128. The molecule has 94 valence electrons. The van der Waals surface area contributed by atoms with Crippen molar-refractivity contribution in [2.45, 2.75) is 19.3 Å². The summed E-state index contributed by atoms with van der Waals surface area (Å²) in [5.74, 6) is -0.138. The summed E-state index contributed by atoms with van der Waals surface area (Å²) in [5, 5.41) is 6.31. The molecule has 17 heavy (non-hydrogen) atoms. The minimum absolute atomic E-state index is 0.00481. The van der Waals surface area contributed by atoms with Gasteiger partial charge in [-0.05, 0) is 12.8 Å². The highest BCUT2D eigenvalue weighted by Crippen LogP contribution is 2.45. The van der Waals surface area contributed by atoms with E-state index in [4.69, 9.17) is 4.74 Å². The Labute approximate surface area is 97.5 Å².